The third kappa shape index (κ3) is 6.08. The average Bonchev–Trinajstić information content (AvgIpc) is 2.75. The third-order valence-electron chi connectivity index (χ3n) is 5.22. The van der Waals surface area contributed by atoms with E-state index in [1.54, 1.807) is 6.92 Å². The molecule has 2 N–H and O–H groups in total. The maximum absolute atomic E-state index is 13.7. The van der Waals surface area contributed by atoms with Crippen molar-refractivity contribution in [2.24, 2.45) is 0 Å². The summed E-state index contributed by atoms with van der Waals surface area (Å²) < 4.78 is 27.0. The predicted octanol–water partition coefficient (Wildman–Crippen LogP) is 2.23. The summed E-state index contributed by atoms with van der Waals surface area (Å²) in [5.41, 5.74) is 0.880. The molecule has 160 valence electrons. The van der Waals surface area contributed by atoms with Gasteiger partial charge in [-0.2, -0.15) is 0 Å². The number of benzene rings is 2. The number of anilines is 1. The molecule has 1 heterocycles. The van der Waals surface area contributed by atoms with E-state index in [1.807, 2.05) is 40.1 Å². The second-order valence-electron chi connectivity index (χ2n) is 7.36. The Morgan fingerprint density at radius 3 is 2.43 bits per heavy atom. The summed E-state index contributed by atoms with van der Waals surface area (Å²) in [4.78, 5) is 28.6. The van der Waals surface area contributed by atoms with E-state index in [2.05, 4.69) is 10.6 Å². The lowest BCUT2D eigenvalue weighted by Crippen LogP contribution is -2.54. The highest BCUT2D eigenvalue weighted by molar-refractivity contribution is 5.94. The van der Waals surface area contributed by atoms with Crippen LogP contribution in [0.15, 0.2) is 48.5 Å². The fourth-order valence-electron chi connectivity index (χ4n) is 3.36. The number of halogens is 2. The first-order valence-corrected chi connectivity index (χ1v) is 9.95. The van der Waals surface area contributed by atoms with Gasteiger partial charge in [-0.15, -0.1) is 0 Å². The zero-order valence-corrected chi connectivity index (χ0v) is 16.9. The van der Waals surface area contributed by atoms with Gasteiger partial charge in [0.05, 0.1) is 18.3 Å². The lowest BCUT2D eigenvalue weighted by atomic mass is 10.2. The summed E-state index contributed by atoms with van der Waals surface area (Å²) in [6, 6.07) is 12.2. The van der Waals surface area contributed by atoms with E-state index in [-0.39, 0.29) is 11.6 Å². The largest absolute Gasteiger partial charge is 0.351 e. The fraction of sp³-hybridized carbons (Fsp3) is 0.364. The minimum atomic E-state index is -0.678. The fourth-order valence-corrected chi connectivity index (χ4v) is 3.36. The molecule has 2 aromatic carbocycles. The molecule has 0 aliphatic carbocycles. The Kier molecular flexibility index (Phi) is 7.48. The molecule has 30 heavy (non-hydrogen) atoms. The standard InChI is InChI=1S/C22H26F2N4O2/c1-16(22(30)26-20-13-18(23)7-8-19(20)24)28-11-9-27(10-12-28)15-21(29)25-14-17-5-3-2-4-6-17/h2-8,13,16H,9-12,14-15H2,1H3,(H,25,29)(H,26,30). The van der Waals surface area contributed by atoms with Crippen LogP contribution in [-0.2, 0) is 16.1 Å². The number of amides is 2. The Balaban J connectivity index is 1.42. The molecule has 1 unspecified atom stereocenters. The van der Waals surface area contributed by atoms with Crippen molar-refractivity contribution < 1.29 is 18.4 Å². The van der Waals surface area contributed by atoms with E-state index in [4.69, 9.17) is 0 Å². The quantitative estimate of drug-likeness (QED) is 0.727. The van der Waals surface area contributed by atoms with Crippen LogP contribution in [0.25, 0.3) is 0 Å². The molecule has 0 aromatic heterocycles. The second-order valence-corrected chi connectivity index (χ2v) is 7.36. The number of carbonyl (C=O) groups is 2. The molecule has 1 fully saturated rings. The van der Waals surface area contributed by atoms with Crippen LogP contribution in [0, 0.1) is 11.6 Å². The number of rotatable bonds is 7. The first-order valence-electron chi connectivity index (χ1n) is 9.95. The van der Waals surface area contributed by atoms with Gasteiger partial charge in [0.25, 0.3) is 0 Å². The van der Waals surface area contributed by atoms with Crippen molar-refractivity contribution in [3.63, 3.8) is 0 Å². The van der Waals surface area contributed by atoms with Gasteiger partial charge in [0.1, 0.15) is 11.6 Å². The van der Waals surface area contributed by atoms with Gasteiger partial charge in [0.15, 0.2) is 0 Å². The van der Waals surface area contributed by atoms with Crippen molar-refractivity contribution in [2.45, 2.75) is 19.5 Å². The Morgan fingerprint density at radius 1 is 1.03 bits per heavy atom. The van der Waals surface area contributed by atoms with Gasteiger partial charge in [0, 0.05) is 38.8 Å². The van der Waals surface area contributed by atoms with Crippen LogP contribution < -0.4 is 10.6 Å². The molecule has 2 amide bonds. The van der Waals surface area contributed by atoms with Crippen LogP contribution >= 0.6 is 0 Å². The van der Waals surface area contributed by atoms with Crippen LogP contribution in [0.4, 0.5) is 14.5 Å². The van der Waals surface area contributed by atoms with E-state index in [9.17, 15) is 18.4 Å². The zero-order valence-electron chi connectivity index (χ0n) is 16.9. The molecular weight excluding hydrogens is 390 g/mol. The number of hydrogen-bond donors (Lipinski definition) is 2. The Labute approximate surface area is 174 Å². The summed E-state index contributed by atoms with van der Waals surface area (Å²) in [5.74, 6) is -1.73. The summed E-state index contributed by atoms with van der Waals surface area (Å²) in [7, 11) is 0. The van der Waals surface area contributed by atoms with Crippen molar-refractivity contribution in [1.82, 2.24) is 15.1 Å². The smallest absolute Gasteiger partial charge is 0.241 e. The Bertz CT molecular complexity index is 871. The molecule has 0 saturated carbocycles. The highest BCUT2D eigenvalue weighted by Gasteiger charge is 2.26. The zero-order chi connectivity index (χ0) is 21.5. The molecule has 1 atom stereocenters. The minimum absolute atomic E-state index is 0.0420. The van der Waals surface area contributed by atoms with E-state index < -0.39 is 23.6 Å². The lowest BCUT2D eigenvalue weighted by molar-refractivity contribution is -0.124. The minimum Gasteiger partial charge on any atom is -0.351 e. The predicted molar refractivity (Wildman–Crippen MR) is 111 cm³/mol. The average molecular weight is 416 g/mol. The van der Waals surface area contributed by atoms with E-state index >= 15 is 0 Å². The molecule has 0 bridgehead atoms. The van der Waals surface area contributed by atoms with Crippen molar-refractivity contribution >= 4 is 17.5 Å². The van der Waals surface area contributed by atoms with Gasteiger partial charge in [-0.25, -0.2) is 8.78 Å². The first kappa shape index (κ1) is 21.9. The van der Waals surface area contributed by atoms with Crippen LogP contribution in [-0.4, -0.2) is 60.4 Å². The van der Waals surface area contributed by atoms with Gasteiger partial charge in [-0.1, -0.05) is 30.3 Å². The molecule has 1 aliphatic rings. The lowest BCUT2D eigenvalue weighted by Gasteiger charge is -2.37. The summed E-state index contributed by atoms with van der Waals surface area (Å²) in [6.07, 6.45) is 0. The number of nitrogens with zero attached hydrogens (tertiary/aromatic N) is 2. The van der Waals surface area contributed by atoms with E-state index in [0.717, 1.165) is 23.8 Å². The van der Waals surface area contributed by atoms with Crippen molar-refractivity contribution in [3.8, 4) is 0 Å². The molecule has 2 aromatic rings. The van der Waals surface area contributed by atoms with Crippen molar-refractivity contribution in [1.29, 1.82) is 0 Å². The molecule has 8 heteroatoms. The number of nitrogens with one attached hydrogen (secondary N) is 2. The Morgan fingerprint density at radius 2 is 1.73 bits per heavy atom. The maximum atomic E-state index is 13.7. The summed E-state index contributed by atoms with van der Waals surface area (Å²) in [5, 5.41) is 5.36. The van der Waals surface area contributed by atoms with Crippen molar-refractivity contribution in [3.05, 3.63) is 65.7 Å². The normalized spacial score (nSPS) is 16.1. The number of piperazine rings is 1. The van der Waals surface area contributed by atoms with Gasteiger partial charge >= 0.3 is 0 Å². The molecule has 1 saturated heterocycles. The molecular formula is C22H26F2N4O2. The van der Waals surface area contributed by atoms with Crippen LogP contribution in [0.5, 0.6) is 0 Å². The first-order chi connectivity index (χ1) is 14.4. The van der Waals surface area contributed by atoms with Crippen LogP contribution in [0.1, 0.15) is 12.5 Å². The van der Waals surface area contributed by atoms with Crippen LogP contribution in [0.3, 0.4) is 0 Å². The summed E-state index contributed by atoms with van der Waals surface area (Å²) in [6.45, 7) is 5.02. The van der Waals surface area contributed by atoms with Gasteiger partial charge in [-0.05, 0) is 24.6 Å². The maximum Gasteiger partial charge on any atom is 0.241 e. The highest BCUT2D eigenvalue weighted by Crippen LogP contribution is 2.16. The van der Waals surface area contributed by atoms with Gasteiger partial charge < -0.3 is 10.6 Å². The molecule has 3 rings (SSSR count). The highest BCUT2D eigenvalue weighted by atomic mass is 19.1. The number of hydrogen-bond acceptors (Lipinski definition) is 4. The molecule has 1 aliphatic heterocycles. The van der Waals surface area contributed by atoms with Gasteiger partial charge in [-0.3, -0.25) is 19.4 Å². The SMILES string of the molecule is CC(C(=O)Nc1cc(F)ccc1F)N1CCN(CC(=O)NCc2ccccc2)CC1. The Hall–Kier alpha value is -2.84. The van der Waals surface area contributed by atoms with Crippen molar-refractivity contribution in [2.75, 3.05) is 38.0 Å². The van der Waals surface area contributed by atoms with E-state index in [1.165, 1.54) is 0 Å². The number of carbonyl (C=O) groups excluding carboxylic acids is 2. The van der Waals surface area contributed by atoms with Crippen LogP contribution in [0.2, 0.25) is 0 Å². The second kappa shape index (κ2) is 10.3. The van der Waals surface area contributed by atoms with E-state index in [0.29, 0.717) is 39.3 Å². The monoisotopic (exact) mass is 416 g/mol. The molecule has 0 spiro atoms. The molecule has 6 nitrogen and oxygen atoms in total. The third-order valence-corrected chi connectivity index (χ3v) is 5.22. The van der Waals surface area contributed by atoms with Gasteiger partial charge in [0.2, 0.25) is 11.8 Å². The molecule has 0 radical (unpaired) electrons. The topological polar surface area (TPSA) is 64.7 Å². The summed E-state index contributed by atoms with van der Waals surface area (Å²) >= 11 is 0.